The first-order valence-corrected chi connectivity index (χ1v) is 12.0. The van der Waals surface area contributed by atoms with Gasteiger partial charge in [0.15, 0.2) is 0 Å². The number of fused-ring (bicyclic) bond motifs is 1. The van der Waals surface area contributed by atoms with Gasteiger partial charge in [-0.3, -0.25) is 9.69 Å². The predicted octanol–water partition coefficient (Wildman–Crippen LogP) is 3.31. The second kappa shape index (κ2) is 7.97. The summed E-state index contributed by atoms with van der Waals surface area (Å²) in [4.78, 5) is 22.2. The molecule has 29 heavy (non-hydrogen) atoms. The molecule has 3 aliphatic rings. The van der Waals surface area contributed by atoms with E-state index >= 15 is 0 Å². The fraction of sp³-hybridized carbons (Fsp3) is 0.652. The van der Waals surface area contributed by atoms with Crippen LogP contribution in [-0.2, 0) is 11.2 Å². The summed E-state index contributed by atoms with van der Waals surface area (Å²) in [5.41, 5.74) is 1.25. The Bertz CT molecular complexity index is 837. The number of likely N-dealkylation sites (tertiary alicyclic amines) is 2. The van der Waals surface area contributed by atoms with Crippen LogP contribution in [0.5, 0.6) is 0 Å². The molecule has 6 heteroatoms. The number of aliphatic hydroxyl groups excluding tert-OH is 1. The van der Waals surface area contributed by atoms with Crippen molar-refractivity contribution in [3.8, 4) is 0 Å². The van der Waals surface area contributed by atoms with E-state index in [0.29, 0.717) is 12.3 Å². The van der Waals surface area contributed by atoms with Crippen LogP contribution in [0.15, 0.2) is 24.3 Å². The third-order valence-corrected chi connectivity index (χ3v) is 8.75. The lowest BCUT2D eigenvalue weighted by Crippen LogP contribution is -2.47. The van der Waals surface area contributed by atoms with Crippen molar-refractivity contribution in [1.29, 1.82) is 0 Å². The number of aryl methyl sites for hydroxylation is 1. The van der Waals surface area contributed by atoms with Gasteiger partial charge < -0.3 is 10.0 Å². The zero-order chi connectivity index (χ0) is 19.8. The number of nitrogens with zero attached hydrogens (tertiary/aromatic N) is 3. The zero-order valence-electron chi connectivity index (χ0n) is 17.1. The molecule has 5 rings (SSSR count). The quantitative estimate of drug-likeness (QED) is 0.817. The fourth-order valence-corrected chi connectivity index (χ4v) is 6.49. The second-order valence-corrected chi connectivity index (χ2v) is 10.3. The Labute approximate surface area is 176 Å². The lowest BCUT2D eigenvalue weighted by atomic mass is 9.71. The van der Waals surface area contributed by atoms with E-state index in [1.165, 1.54) is 24.0 Å². The van der Waals surface area contributed by atoms with Gasteiger partial charge in [-0.1, -0.05) is 18.6 Å². The number of aromatic nitrogens is 1. The fourth-order valence-electron chi connectivity index (χ4n) is 5.52. The molecule has 5 nitrogen and oxygen atoms in total. The van der Waals surface area contributed by atoms with Crippen LogP contribution in [0.25, 0.3) is 10.2 Å². The number of rotatable bonds is 5. The summed E-state index contributed by atoms with van der Waals surface area (Å²) in [6, 6.07) is 8.92. The number of piperidine rings is 1. The Balaban J connectivity index is 1.16. The van der Waals surface area contributed by atoms with E-state index in [9.17, 15) is 9.90 Å². The number of thiazole rings is 1. The van der Waals surface area contributed by atoms with E-state index in [1.54, 1.807) is 11.3 Å². The molecule has 1 atom stereocenters. The molecule has 1 amide bonds. The Morgan fingerprint density at radius 3 is 2.72 bits per heavy atom. The third-order valence-electron chi connectivity index (χ3n) is 7.65. The summed E-state index contributed by atoms with van der Waals surface area (Å²) in [5, 5.41) is 11.1. The zero-order valence-corrected chi connectivity index (χ0v) is 17.9. The minimum Gasteiger partial charge on any atom is -0.396 e. The van der Waals surface area contributed by atoms with Gasteiger partial charge in [0, 0.05) is 57.6 Å². The first-order chi connectivity index (χ1) is 14.2. The standard InChI is InChI=1S/C23H31N3O2S/c27-15-17-14-26(18-4-3-5-18)16-23(17)10-12-25(13-11-23)22(28)9-8-21-24-19-6-1-2-7-20(19)29-21/h1-2,6-7,17-18,27H,3-5,8-16H2. The SMILES string of the molecule is O=C(CCc1nc2ccccc2s1)N1CCC2(CC1)CN(C1CCC1)CC2CO. The predicted molar refractivity (Wildman–Crippen MR) is 116 cm³/mol. The van der Waals surface area contributed by atoms with Crippen molar-refractivity contribution in [2.75, 3.05) is 32.8 Å². The number of hydrogen-bond donors (Lipinski definition) is 1. The summed E-state index contributed by atoms with van der Waals surface area (Å²) in [6.45, 7) is 4.14. The summed E-state index contributed by atoms with van der Waals surface area (Å²) in [7, 11) is 0. The van der Waals surface area contributed by atoms with Crippen molar-refractivity contribution in [3.05, 3.63) is 29.3 Å². The number of aliphatic hydroxyl groups is 1. The maximum absolute atomic E-state index is 12.8. The molecule has 1 N–H and O–H groups in total. The minimum absolute atomic E-state index is 0.216. The average Bonchev–Trinajstić information content (AvgIpc) is 3.26. The number of benzene rings is 1. The van der Waals surface area contributed by atoms with Crippen molar-refractivity contribution in [1.82, 2.24) is 14.8 Å². The Morgan fingerprint density at radius 2 is 2.03 bits per heavy atom. The van der Waals surface area contributed by atoms with Crippen molar-refractivity contribution in [3.63, 3.8) is 0 Å². The molecule has 1 aliphatic carbocycles. The number of hydrogen-bond acceptors (Lipinski definition) is 5. The van der Waals surface area contributed by atoms with Crippen molar-refractivity contribution < 1.29 is 9.90 Å². The van der Waals surface area contributed by atoms with Crippen LogP contribution < -0.4 is 0 Å². The number of para-hydroxylation sites is 1. The first-order valence-electron chi connectivity index (χ1n) is 11.1. The summed E-state index contributed by atoms with van der Waals surface area (Å²) >= 11 is 1.70. The van der Waals surface area contributed by atoms with Crippen LogP contribution in [0.1, 0.15) is 43.5 Å². The van der Waals surface area contributed by atoms with Gasteiger partial charge in [-0.15, -0.1) is 11.3 Å². The Morgan fingerprint density at radius 1 is 1.24 bits per heavy atom. The van der Waals surface area contributed by atoms with Crippen LogP contribution >= 0.6 is 11.3 Å². The second-order valence-electron chi connectivity index (χ2n) is 9.21. The van der Waals surface area contributed by atoms with Crippen LogP contribution in [0.4, 0.5) is 0 Å². The Hall–Kier alpha value is -1.50. The number of carbonyl (C=O) groups is 1. The highest BCUT2D eigenvalue weighted by Gasteiger charge is 2.49. The molecular formula is C23H31N3O2S. The van der Waals surface area contributed by atoms with Crippen LogP contribution in [-0.4, -0.2) is 64.6 Å². The van der Waals surface area contributed by atoms with Crippen LogP contribution in [0.3, 0.4) is 0 Å². The summed E-state index contributed by atoms with van der Waals surface area (Å²) in [6.07, 6.45) is 7.35. The molecule has 156 valence electrons. The minimum atomic E-state index is 0.216. The highest BCUT2D eigenvalue weighted by atomic mass is 32.1. The van der Waals surface area contributed by atoms with Crippen LogP contribution in [0.2, 0.25) is 0 Å². The number of amides is 1. The van der Waals surface area contributed by atoms with Gasteiger partial charge in [0.05, 0.1) is 15.2 Å². The smallest absolute Gasteiger partial charge is 0.222 e. The van der Waals surface area contributed by atoms with Gasteiger partial charge in [0.1, 0.15) is 0 Å². The maximum Gasteiger partial charge on any atom is 0.222 e. The molecule has 1 spiro atoms. The molecule has 1 unspecified atom stereocenters. The summed E-state index contributed by atoms with van der Waals surface area (Å²) < 4.78 is 1.20. The molecule has 1 saturated carbocycles. The van der Waals surface area contributed by atoms with E-state index in [-0.39, 0.29) is 17.9 Å². The maximum atomic E-state index is 12.8. The average molecular weight is 414 g/mol. The monoisotopic (exact) mass is 413 g/mol. The lowest BCUT2D eigenvalue weighted by Gasteiger charge is -2.43. The van der Waals surface area contributed by atoms with Gasteiger partial charge in [0.25, 0.3) is 0 Å². The molecule has 1 aromatic carbocycles. The highest BCUT2D eigenvalue weighted by Crippen LogP contribution is 2.46. The molecule has 3 fully saturated rings. The topological polar surface area (TPSA) is 56.7 Å². The van der Waals surface area contributed by atoms with E-state index in [1.807, 2.05) is 18.2 Å². The molecule has 2 aromatic rings. The Kier molecular flexibility index (Phi) is 5.35. The summed E-state index contributed by atoms with van der Waals surface area (Å²) in [5.74, 6) is 0.636. The largest absolute Gasteiger partial charge is 0.396 e. The van der Waals surface area contributed by atoms with E-state index < -0.39 is 0 Å². The first kappa shape index (κ1) is 19.5. The molecule has 0 bridgehead atoms. The van der Waals surface area contributed by atoms with Gasteiger partial charge in [0.2, 0.25) is 5.91 Å². The van der Waals surface area contributed by atoms with E-state index in [4.69, 9.17) is 0 Å². The number of carbonyl (C=O) groups excluding carboxylic acids is 1. The van der Waals surface area contributed by atoms with Gasteiger partial charge >= 0.3 is 0 Å². The molecular weight excluding hydrogens is 382 g/mol. The third kappa shape index (κ3) is 3.71. The van der Waals surface area contributed by atoms with Gasteiger partial charge in [-0.05, 0) is 43.2 Å². The molecule has 0 radical (unpaired) electrons. The lowest BCUT2D eigenvalue weighted by molar-refractivity contribution is -0.134. The van der Waals surface area contributed by atoms with Crippen molar-refractivity contribution in [2.24, 2.45) is 11.3 Å². The van der Waals surface area contributed by atoms with E-state index in [0.717, 1.165) is 62.0 Å². The molecule has 1 aromatic heterocycles. The van der Waals surface area contributed by atoms with Crippen molar-refractivity contribution in [2.45, 2.75) is 51.0 Å². The molecule has 2 saturated heterocycles. The molecule has 3 heterocycles. The van der Waals surface area contributed by atoms with Gasteiger partial charge in [-0.25, -0.2) is 4.98 Å². The van der Waals surface area contributed by atoms with Gasteiger partial charge in [-0.2, -0.15) is 0 Å². The normalized spacial score (nSPS) is 25.0. The molecule has 2 aliphatic heterocycles. The highest BCUT2D eigenvalue weighted by molar-refractivity contribution is 7.18. The van der Waals surface area contributed by atoms with E-state index in [2.05, 4.69) is 20.9 Å². The van der Waals surface area contributed by atoms with Crippen LogP contribution in [0, 0.1) is 11.3 Å². The van der Waals surface area contributed by atoms with Crippen molar-refractivity contribution >= 4 is 27.5 Å².